The molecule has 174 valence electrons. The highest BCUT2D eigenvalue weighted by Crippen LogP contribution is 2.68. The predicted molar refractivity (Wildman–Crippen MR) is 130 cm³/mol. The van der Waals surface area contributed by atoms with E-state index >= 15 is 0 Å². The summed E-state index contributed by atoms with van der Waals surface area (Å²) in [6, 6.07) is 0. The van der Waals surface area contributed by atoms with Gasteiger partial charge in [0, 0.05) is 11.1 Å². The number of rotatable bonds is 6. The molecule has 8 atom stereocenters. The smallest absolute Gasteiger partial charge is 0.00475 e. The number of allylic oxidation sites excluding steroid dienone is 1. The first-order valence-electron chi connectivity index (χ1n) is 13.5. The molecular formula is C28H47N3. The monoisotopic (exact) mass is 425 g/mol. The lowest BCUT2D eigenvalue weighted by molar-refractivity contribution is -0.109. The van der Waals surface area contributed by atoms with E-state index in [1.165, 1.54) is 76.2 Å². The molecule has 4 aliphatic carbocycles. The van der Waals surface area contributed by atoms with Crippen molar-refractivity contribution in [3.63, 3.8) is 0 Å². The Morgan fingerprint density at radius 1 is 1.00 bits per heavy atom. The van der Waals surface area contributed by atoms with Crippen molar-refractivity contribution in [3.05, 3.63) is 22.2 Å². The summed E-state index contributed by atoms with van der Waals surface area (Å²) in [4.78, 5) is 2.96. The molecule has 0 radical (unpaired) electrons. The van der Waals surface area contributed by atoms with Gasteiger partial charge in [-0.2, -0.15) is 0 Å². The molecule has 3 heteroatoms. The average Bonchev–Trinajstić information content (AvgIpc) is 3.09. The van der Waals surface area contributed by atoms with Crippen molar-refractivity contribution in [2.45, 2.75) is 112 Å². The topological polar surface area (TPSA) is 48.8 Å². The molecule has 0 spiro atoms. The molecule has 0 amide bonds. The lowest BCUT2D eigenvalue weighted by Crippen LogP contribution is -2.53. The summed E-state index contributed by atoms with van der Waals surface area (Å²) in [7, 11) is 0. The summed E-state index contributed by atoms with van der Waals surface area (Å²) >= 11 is 0. The van der Waals surface area contributed by atoms with Crippen molar-refractivity contribution in [3.8, 4) is 0 Å². The van der Waals surface area contributed by atoms with Crippen LogP contribution in [-0.2, 0) is 0 Å². The van der Waals surface area contributed by atoms with Gasteiger partial charge < -0.3 is 0 Å². The lowest BCUT2D eigenvalue weighted by Gasteiger charge is -2.61. The number of nitrogens with zero attached hydrogens (tertiary/aromatic N) is 3. The molecule has 0 aromatic rings. The van der Waals surface area contributed by atoms with Gasteiger partial charge in [0.2, 0.25) is 0 Å². The van der Waals surface area contributed by atoms with Crippen molar-refractivity contribution in [1.29, 1.82) is 0 Å². The zero-order chi connectivity index (χ0) is 22.2. The molecule has 0 aromatic carbocycles. The number of azide groups is 1. The van der Waals surface area contributed by atoms with Gasteiger partial charge in [0.25, 0.3) is 0 Å². The second-order valence-corrected chi connectivity index (χ2v) is 12.9. The second kappa shape index (κ2) is 9.12. The number of fused-ring (bicyclic) bond motifs is 5. The van der Waals surface area contributed by atoms with Crippen molar-refractivity contribution >= 4 is 0 Å². The van der Waals surface area contributed by atoms with E-state index in [0.717, 1.165) is 47.8 Å². The first-order valence-corrected chi connectivity index (χ1v) is 13.5. The third-order valence-electron chi connectivity index (χ3n) is 11.1. The van der Waals surface area contributed by atoms with Crippen molar-refractivity contribution < 1.29 is 0 Å². The Morgan fingerprint density at radius 3 is 2.52 bits per heavy atom. The predicted octanol–water partition coefficient (Wildman–Crippen LogP) is 9.30. The molecule has 4 rings (SSSR count). The number of hydrogen-bond donors (Lipinski definition) is 0. The van der Waals surface area contributed by atoms with Crippen LogP contribution in [0.1, 0.15) is 112 Å². The quantitative estimate of drug-likeness (QED) is 0.231. The van der Waals surface area contributed by atoms with Gasteiger partial charge in [-0.3, -0.25) is 0 Å². The SMILES string of the molecule is CC(C)CCC[C@@H](C)[C@H]1CC[C@H]2[C@@H]3CCC4CC(=CN=[N+]=[N-])CC[C@]4(C)[C@H]3CC[C@]12C. The summed E-state index contributed by atoms with van der Waals surface area (Å²) in [6.45, 7) is 12.7. The molecule has 4 fully saturated rings. The van der Waals surface area contributed by atoms with Crippen LogP contribution < -0.4 is 0 Å². The fourth-order valence-electron chi connectivity index (χ4n) is 9.36. The molecule has 0 saturated heterocycles. The lowest BCUT2D eigenvalue weighted by atomic mass is 9.44. The molecule has 0 heterocycles. The fraction of sp³-hybridized carbons (Fsp3) is 0.929. The maximum absolute atomic E-state index is 8.69. The van der Waals surface area contributed by atoms with Crippen LogP contribution in [0.2, 0.25) is 0 Å². The third-order valence-corrected chi connectivity index (χ3v) is 11.1. The summed E-state index contributed by atoms with van der Waals surface area (Å²) < 4.78 is 0. The van der Waals surface area contributed by atoms with Gasteiger partial charge in [-0.1, -0.05) is 64.6 Å². The highest BCUT2D eigenvalue weighted by molar-refractivity contribution is 5.15. The summed E-state index contributed by atoms with van der Waals surface area (Å²) in [5.74, 6) is 6.39. The van der Waals surface area contributed by atoms with Gasteiger partial charge in [0.05, 0.1) is 0 Å². The molecule has 0 N–H and O–H groups in total. The first kappa shape index (κ1) is 23.2. The van der Waals surface area contributed by atoms with Crippen molar-refractivity contribution in [2.24, 2.45) is 57.4 Å². The van der Waals surface area contributed by atoms with E-state index in [1.54, 1.807) is 0 Å². The van der Waals surface area contributed by atoms with E-state index in [0.29, 0.717) is 10.8 Å². The molecule has 0 aromatic heterocycles. The largest absolute Gasteiger partial charge is 0.0686 e. The second-order valence-electron chi connectivity index (χ2n) is 12.9. The summed E-state index contributed by atoms with van der Waals surface area (Å²) in [5, 5.41) is 3.76. The Labute approximate surface area is 191 Å². The summed E-state index contributed by atoms with van der Waals surface area (Å²) in [6.07, 6.45) is 18.5. The minimum absolute atomic E-state index is 0.513. The highest BCUT2D eigenvalue weighted by atomic mass is 15.1. The first-order chi connectivity index (χ1) is 14.8. The van der Waals surface area contributed by atoms with Gasteiger partial charge in [-0.25, -0.2) is 0 Å². The van der Waals surface area contributed by atoms with Crippen LogP contribution in [0, 0.1) is 52.3 Å². The molecule has 31 heavy (non-hydrogen) atoms. The van der Waals surface area contributed by atoms with Crippen LogP contribution >= 0.6 is 0 Å². The summed E-state index contributed by atoms with van der Waals surface area (Å²) in [5.41, 5.74) is 11.2. The van der Waals surface area contributed by atoms with Gasteiger partial charge in [-0.15, -0.1) is 0 Å². The Hall–Kier alpha value is -0.950. The van der Waals surface area contributed by atoms with Crippen LogP contribution in [0.15, 0.2) is 16.9 Å². The minimum atomic E-state index is 0.513. The average molecular weight is 426 g/mol. The fourth-order valence-corrected chi connectivity index (χ4v) is 9.36. The third kappa shape index (κ3) is 4.21. The van der Waals surface area contributed by atoms with Crippen LogP contribution in [-0.4, -0.2) is 0 Å². The van der Waals surface area contributed by atoms with E-state index in [-0.39, 0.29) is 0 Å². The van der Waals surface area contributed by atoms with E-state index in [1.807, 2.05) is 6.20 Å². The van der Waals surface area contributed by atoms with Crippen LogP contribution in [0.25, 0.3) is 10.4 Å². The molecule has 4 aliphatic rings. The molecule has 0 bridgehead atoms. The van der Waals surface area contributed by atoms with Crippen molar-refractivity contribution in [1.82, 2.24) is 0 Å². The van der Waals surface area contributed by atoms with Gasteiger partial charge in [-0.05, 0) is 116 Å². The molecule has 1 unspecified atom stereocenters. The van der Waals surface area contributed by atoms with E-state index in [2.05, 4.69) is 44.6 Å². The van der Waals surface area contributed by atoms with E-state index in [9.17, 15) is 0 Å². The Balaban J connectivity index is 1.45. The minimum Gasteiger partial charge on any atom is -0.0686 e. The number of hydrogen-bond acceptors (Lipinski definition) is 1. The highest BCUT2D eigenvalue weighted by Gasteiger charge is 2.60. The van der Waals surface area contributed by atoms with Crippen LogP contribution in [0.4, 0.5) is 0 Å². The molecule has 4 saturated carbocycles. The molecular weight excluding hydrogens is 378 g/mol. The Bertz CT molecular complexity index is 720. The standard InChI is InChI=1S/C28H47N3/c1-19(2)7-6-8-20(3)24-11-12-25-23-10-9-22-17-21(18-30-31-29)13-15-27(22,4)26(23)14-16-28(24,25)5/h18-20,22-26H,6-17H2,1-5H3/t20-,22?,23+,24-,25+,26+,27+,28-/m1/s1. The Morgan fingerprint density at radius 2 is 1.77 bits per heavy atom. The molecule has 0 aliphatic heterocycles. The normalized spacial score (nSPS) is 44.3. The maximum Gasteiger partial charge on any atom is 0.00475 e. The molecule has 3 nitrogen and oxygen atoms in total. The van der Waals surface area contributed by atoms with Gasteiger partial charge >= 0.3 is 0 Å². The Kier molecular flexibility index (Phi) is 6.83. The maximum atomic E-state index is 8.69. The van der Waals surface area contributed by atoms with Gasteiger partial charge in [0.15, 0.2) is 0 Å². The van der Waals surface area contributed by atoms with Crippen LogP contribution in [0.5, 0.6) is 0 Å². The van der Waals surface area contributed by atoms with E-state index in [4.69, 9.17) is 5.53 Å². The zero-order valence-corrected chi connectivity index (χ0v) is 20.9. The van der Waals surface area contributed by atoms with E-state index < -0.39 is 0 Å². The zero-order valence-electron chi connectivity index (χ0n) is 20.9. The van der Waals surface area contributed by atoms with Gasteiger partial charge in [0.1, 0.15) is 0 Å². The van der Waals surface area contributed by atoms with Crippen molar-refractivity contribution in [2.75, 3.05) is 0 Å². The van der Waals surface area contributed by atoms with Crippen LogP contribution in [0.3, 0.4) is 0 Å².